The molecule has 0 spiro atoms. The van der Waals surface area contributed by atoms with Crippen LogP contribution in [0, 0.1) is 18.3 Å². The van der Waals surface area contributed by atoms with Crippen LogP contribution < -0.4 is 5.73 Å². The number of nitrogens with zero attached hydrogens (tertiary/aromatic N) is 1. The van der Waals surface area contributed by atoms with E-state index >= 15 is 0 Å². The topological polar surface area (TPSA) is 49.8 Å². The van der Waals surface area contributed by atoms with E-state index in [1.807, 2.05) is 43.3 Å². The Morgan fingerprint density at radius 3 is 2.50 bits per heavy atom. The molecule has 0 saturated carbocycles. The summed E-state index contributed by atoms with van der Waals surface area (Å²) < 4.78 is 1.05. The predicted molar refractivity (Wildman–Crippen MR) is 79.8 cm³/mol. The summed E-state index contributed by atoms with van der Waals surface area (Å²) in [6.07, 6.45) is 0. The molecule has 1 aromatic carbocycles. The van der Waals surface area contributed by atoms with Gasteiger partial charge in [0.1, 0.15) is 6.07 Å². The van der Waals surface area contributed by atoms with Crippen LogP contribution in [0.25, 0.3) is 11.3 Å². The highest BCUT2D eigenvalue weighted by atomic mass is 79.9. The number of nitrogens with two attached hydrogens (primary N) is 1. The minimum absolute atomic E-state index is 0.518. The normalized spacial score (nSPS) is 11.8. The van der Waals surface area contributed by atoms with Gasteiger partial charge in [0.15, 0.2) is 0 Å². The molecular formula is C14H11BrN2S. The molecule has 1 heterocycles. The Bertz CT molecular complexity index is 616. The van der Waals surface area contributed by atoms with Gasteiger partial charge in [-0.05, 0) is 40.0 Å². The van der Waals surface area contributed by atoms with Gasteiger partial charge in [-0.2, -0.15) is 5.26 Å². The van der Waals surface area contributed by atoms with Gasteiger partial charge in [-0.3, -0.25) is 0 Å². The Balaban J connectivity index is 2.55. The third-order valence-corrected chi connectivity index (χ3v) is 4.74. The molecular weight excluding hydrogens is 308 g/mol. The zero-order valence-electron chi connectivity index (χ0n) is 9.77. The maximum Gasteiger partial charge on any atom is 0.102 e. The van der Waals surface area contributed by atoms with Gasteiger partial charge in [-0.1, -0.05) is 30.3 Å². The number of thiophene rings is 1. The Morgan fingerprint density at radius 2 is 2.00 bits per heavy atom. The van der Waals surface area contributed by atoms with Gasteiger partial charge in [0.2, 0.25) is 0 Å². The van der Waals surface area contributed by atoms with Crippen LogP contribution in [0.5, 0.6) is 0 Å². The van der Waals surface area contributed by atoms with E-state index in [1.165, 1.54) is 0 Å². The number of halogens is 1. The van der Waals surface area contributed by atoms with Crippen molar-refractivity contribution in [2.75, 3.05) is 0 Å². The number of hydrogen-bond acceptors (Lipinski definition) is 3. The molecule has 0 atom stereocenters. The molecule has 0 aliphatic heterocycles. The van der Waals surface area contributed by atoms with Gasteiger partial charge >= 0.3 is 0 Å². The van der Waals surface area contributed by atoms with E-state index in [0.29, 0.717) is 11.3 Å². The summed E-state index contributed by atoms with van der Waals surface area (Å²) >= 11 is 5.01. The van der Waals surface area contributed by atoms with Crippen molar-refractivity contribution in [3.05, 3.63) is 56.2 Å². The number of allylic oxidation sites excluding steroid dienone is 1. The highest BCUT2D eigenvalue weighted by molar-refractivity contribution is 9.11. The molecule has 0 radical (unpaired) electrons. The molecule has 90 valence electrons. The average molecular weight is 319 g/mol. The van der Waals surface area contributed by atoms with E-state index in [9.17, 15) is 5.26 Å². The van der Waals surface area contributed by atoms with Crippen molar-refractivity contribution in [1.82, 2.24) is 0 Å². The Labute approximate surface area is 118 Å². The second-order valence-corrected chi connectivity index (χ2v) is 6.20. The predicted octanol–water partition coefficient (Wildman–Crippen LogP) is 4.17. The SMILES string of the molecule is Cc1cc(/C(N)=C(/C#N)c2ccccc2)sc1Br. The lowest BCUT2D eigenvalue weighted by atomic mass is 10.0. The second kappa shape index (κ2) is 5.38. The number of hydrogen-bond donors (Lipinski definition) is 1. The molecule has 18 heavy (non-hydrogen) atoms. The van der Waals surface area contributed by atoms with Crippen LogP contribution in [0.4, 0.5) is 0 Å². The Hall–Kier alpha value is -1.57. The fourth-order valence-corrected chi connectivity index (χ4v) is 3.10. The molecule has 0 bridgehead atoms. The van der Waals surface area contributed by atoms with Crippen molar-refractivity contribution in [1.29, 1.82) is 5.26 Å². The second-order valence-electron chi connectivity index (χ2n) is 3.83. The first kappa shape index (κ1) is 12.9. The highest BCUT2D eigenvalue weighted by Gasteiger charge is 2.11. The van der Waals surface area contributed by atoms with E-state index in [1.54, 1.807) is 11.3 Å². The first-order valence-corrected chi connectivity index (χ1v) is 6.96. The van der Waals surface area contributed by atoms with Crippen molar-refractivity contribution in [2.24, 2.45) is 5.73 Å². The van der Waals surface area contributed by atoms with E-state index in [2.05, 4.69) is 22.0 Å². The van der Waals surface area contributed by atoms with Crippen molar-refractivity contribution in [3.63, 3.8) is 0 Å². The summed E-state index contributed by atoms with van der Waals surface area (Å²) in [6, 6.07) is 13.7. The Kier molecular flexibility index (Phi) is 3.85. The van der Waals surface area contributed by atoms with E-state index < -0.39 is 0 Å². The molecule has 0 aliphatic carbocycles. The summed E-state index contributed by atoms with van der Waals surface area (Å²) in [7, 11) is 0. The maximum atomic E-state index is 9.29. The van der Waals surface area contributed by atoms with Crippen LogP contribution >= 0.6 is 27.3 Å². The van der Waals surface area contributed by atoms with E-state index in [0.717, 1.165) is 19.8 Å². The number of benzene rings is 1. The fraction of sp³-hybridized carbons (Fsp3) is 0.0714. The molecule has 0 amide bonds. The number of aryl methyl sites for hydroxylation is 1. The lowest BCUT2D eigenvalue weighted by molar-refractivity contribution is 1.49. The molecule has 0 fully saturated rings. The average Bonchev–Trinajstić information content (AvgIpc) is 2.72. The highest BCUT2D eigenvalue weighted by Crippen LogP contribution is 2.33. The molecule has 2 aromatic rings. The molecule has 0 aliphatic rings. The fourth-order valence-electron chi connectivity index (χ4n) is 1.60. The molecule has 1 aromatic heterocycles. The quantitative estimate of drug-likeness (QED) is 0.845. The summed E-state index contributed by atoms with van der Waals surface area (Å²) in [6.45, 7) is 2.01. The van der Waals surface area contributed by atoms with Crippen molar-refractivity contribution < 1.29 is 0 Å². The van der Waals surface area contributed by atoms with Crippen molar-refractivity contribution >= 4 is 38.5 Å². The molecule has 2 N–H and O–H groups in total. The van der Waals surface area contributed by atoms with Gasteiger partial charge in [-0.15, -0.1) is 11.3 Å². The summed E-state index contributed by atoms with van der Waals surface area (Å²) in [5, 5.41) is 9.29. The molecule has 0 saturated heterocycles. The van der Waals surface area contributed by atoms with E-state index in [4.69, 9.17) is 5.73 Å². The van der Waals surface area contributed by atoms with Gasteiger partial charge in [0, 0.05) is 0 Å². The first-order valence-electron chi connectivity index (χ1n) is 5.35. The van der Waals surface area contributed by atoms with Gasteiger partial charge in [0.05, 0.1) is 19.9 Å². The number of rotatable bonds is 2. The zero-order valence-corrected chi connectivity index (χ0v) is 12.2. The van der Waals surface area contributed by atoms with Gasteiger partial charge in [0.25, 0.3) is 0 Å². The van der Waals surface area contributed by atoms with Crippen LogP contribution in [0.2, 0.25) is 0 Å². The largest absolute Gasteiger partial charge is 0.396 e. The summed E-state index contributed by atoms with van der Waals surface area (Å²) in [4.78, 5) is 0.916. The Morgan fingerprint density at radius 1 is 1.33 bits per heavy atom. The third-order valence-electron chi connectivity index (χ3n) is 2.57. The third kappa shape index (κ3) is 2.47. The van der Waals surface area contributed by atoms with Gasteiger partial charge in [-0.25, -0.2) is 0 Å². The maximum absolute atomic E-state index is 9.29. The van der Waals surface area contributed by atoms with Crippen LogP contribution in [-0.2, 0) is 0 Å². The first-order chi connectivity index (χ1) is 8.63. The molecule has 0 unspecified atom stereocenters. The monoisotopic (exact) mass is 318 g/mol. The number of nitriles is 1. The van der Waals surface area contributed by atoms with Crippen LogP contribution in [0.1, 0.15) is 16.0 Å². The minimum Gasteiger partial charge on any atom is -0.396 e. The van der Waals surface area contributed by atoms with Crippen LogP contribution in [0.15, 0.2) is 40.2 Å². The van der Waals surface area contributed by atoms with Crippen LogP contribution in [-0.4, -0.2) is 0 Å². The zero-order chi connectivity index (χ0) is 13.1. The van der Waals surface area contributed by atoms with Crippen LogP contribution in [0.3, 0.4) is 0 Å². The van der Waals surface area contributed by atoms with E-state index in [-0.39, 0.29) is 0 Å². The van der Waals surface area contributed by atoms with Crippen molar-refractivity contribution in [3.8, 4) is 6.07 Å². The molecule has 2 rings (SSSR count). The standard InChI is InChI=1S/C14H11BrN2S/c1-9-7-12(18-14(9)15)13(17)11(8-16)10-5-3-2-4-6-10/h2-7H,17H2,1H3/b13-11+. The lowest BCUT2D eigenvalue weighted by Crippen LogP contribution is -1.98. The molecule has 2 nitrogen and oxygen atoms in total. The lowest BCUT2D eigenvalue weighted by Gasteiger charge is -2.03. The summed E-state index contributed by atoms with van der Waals surface area (Å²) in [5.74, 6) is 0. The smallest absolute Gasteiger partial charge is 0.102 e. The van der Waals surface area contributed by atoms with Crippen molar-refractivity contribution in [2.45, 2.75) is 6.92 Å². The molecule has 4 heteroatoms. The summed E-state index contributed by atoms with van der Waals surface area (Å²) in [5.41, 5.74) is 9.13. The minimum atomic E-state index is 0.518. The van der Waals surface area contributed by atoms with Gasteiger partial charge < -0.3 is 5.73 Å².